The third kappa shape index (κ3) is 13.0. The Kier molecular flexibility index (Phi) is 16.9. The maximum atomic E-state index is 13.7. The summed E-state index contributed by atoms with van der Waals surface area (Å²) in [6.07, 6.45) is 0.557. The molecule has 6 N–H and O–H groups in total. The Bertz CT molecular complexity index is 1590. The van der Waals surface area contributed by atoms with Crippen molar-refractivity contribution in [2.75, 3.05) is 39.5 Å². The second-order valence-electron chi connectivity index (χ2n) is 14.7. The molecular weight excluding hydrogens is 721 g/mol. The molecule has 0 bridgehead atoms. The number of carbonyl (C=O) groups excluding carboxylic acids is 6. The Morgan fingerprint density at radius 1 is 1.00 bits per heavy atom. The van der Waals surface area contributed by atoms with E-state index in [2.05, 4.69) is 21.3 Å². The van der Waals surface area contributed by atoms with E-state index >= 15 is 0 Å². The van der Waals surface area contributed by atoms with Gasteiger partial charge >= 0.3 is 11.9 Å². The Morgan fingerprint density at radius 3 is 2.19 bits per heavy atom. The third-order valence-corrected chi connectivity index (χ3v) is 10.3. The number of thioether (sulfide) groups is 1. The number of likely N-dealkylation sites (N-methyl/N-ethyl adjacent to an activating group) is 2. The summed E-state index contributed by atoms with van der Waals surface area (Å²) in [6, 6.07) is 6.34. The van der Waals surface area contributed by atoms with Gasteiger partial charge in [-0.1, -0.05) is 71.0 Å². The molecule has 1 saturated heterocycles. The van der Waals surface area contributed by atoms with Crippen molar-refractivity contribution in [3.05, 3.63) is 47.5 Å². The van der Waals surface area contributed by atoms with Crippen LogP contribution in [0, 0.1) is 5.41 Å². The molecule has 298 valence electrons. The van der Waals surface area contributed by atoms with Gasteiger partial charge in [-0.3, -0.25) is 38.5 Å². The Hall–Kier alpha value is -4.77. The van der Waals surface area contributed by atoms with E-state index in [0.29, 0.717) is 0 Å². The maximum Gasteiger partial charge on any atom is 0.326 e. The summed E-state index contributed by atoms with van der Waals surface area (Å²) in [5.74, 6) is -5.56. The first-order chi connectivity index (χ1) is 25.1. The second-order valence-corrected chi connectivity index (χ2v) is 16.0. The van der Waals surface area contributed by atoms with Gasteiger partial charge in [-0.2, -0.15) is 0 Å². The molecule has 1 heterocycles. The van der Waals surface area contributed by atoms with Crippen molar-refractivity contribution in [2.24, 2.45) is 5.41 Å². The molecule has 6 amide bonds. The van der Waals surface area contributed by atoms with Crippen LogP contribution in [0.5, 0.6) is 0 Å². The van der Waals surface area contributed by atoms with E-state index in [-0.39, 0.29) is 49.7 Å². The van der Waals surface area contributed by atoms with Crippen molar-refractivity contribution >= 4 is 59.1 Å². The fraction of sp³-hybridized carbons (Fsp3) is 0.568. The van der Waals surface area contributed by atoms with Crippen LogP contribution >= 0.6 is 11.8 Å². The molecule has 17 heteroatoms. The molecule has 1 aromatic carbocycles. The standard InChI is InChI=1S/C37H54N6O10S/c1-22(14-17-42(8)34(51)30(36(2,3)4)41-32(49)29(38-7)37(5,6)23-12-10-9-11-13-23)31(48)40-24(35(52)53)20-26(44)39-16-18-43-27(45)21-25(33(43)50)54-19-15-28(46)47/h9-14,24-25,29-30,38H,15-21H2,1-8H3,(H,39,44)(H,40,48)(H,41,49)(H,46,47)(H,52,53)/b22-14+/t24-,25?,29+,30+/m0/s1. The maximum absolute atomic E-state index is 13.7. The Labute approximate surface area is 320 Å². The summed E-state index contributed by atoms with van der Waals surface area (Å²) < 4.78 is 0. The van der Waals surface area contributed by atoms with Crippen LogP contribution in [-0.4, -0.2) is 130 Å². The van der Waals surface area contributed by atoms with Crippen LogP contribution in [0.15, 0.2) is 42.0 Å². The van der Waals surface area contributed by atoms with Gasteiger partial charge in [-0.05, 0) is 24.9 Å². The highest BCUT2D eigenvalue weighted by molar-refractivity contribution is 8.00. The van der Waals surface area contributed by atoms with Crippen LogP contribution in [-0.2, 0) is 43.8 Å². The molecule has 4 atom stereocenters. The minimum atomic E-state index is -1.61. The molecule has 1 aliphatic heterocycles. The van der Waals surface area contributed by atoms with Gasteiger partial charge in [0, 0.05) is 49.8 Å². The van der Waals surface area contributed by atoms with Crippen molar-refractivity contribution in [3.63, 3.8) is 0 Å². The lowest BCUT2D eigenvalue weighted by Gasteiger charge is -2.38. The van der Waals surface area contributed by atoms with E-state index in [4.69, 9.17) is 5.11 Å². The normalized spacial score (nSPS) is 16.6. The van der Waals surface area contributed by atoms with Gasteiger partial charge in [0.15, 0.2) is 0 Å². The molecule has 0 aliphatic carbocycles. The van der Waals surface area contributed by atoms with Crippen molar-refractivity contribution in [2.45, 2.75) is 89.6 Å². The molecule has 1 aromatic rings. The van der Waals surface area contributed by atoms with E-state index in [1.165, 1.54) is 24.9 Å². The zero-order valence-electron chi connectivity index (χ0n) is 32.2. The van der Waals surface area contributed by atoms with Gasteiger partial charge < -0.3 is 36.4 Å². The average molecular weight is 775 g/mol. The van der Waals surface area contributed by atoms with Crippen LogP contribution in [0.1, 0.15) is 66.4 Å². The number of nitrogens with one attached hydrogen (secondary N) is 4. The van der Waals surface area contributed by atoms with Crippen LogP contribution < -0.4 is 21.3 Å². The van der Waals surface area contributed by atoms with Gasteiger partial charge in [0.1, 0.15) is 12.1 Å². The fourth-order valence-electron chi connectivity index (χ4n) is 5.75. The van der Waals surface area contributed by atoms with Crippen LogP contribution in [0.25, 0.3) is 0 Å². The number of nitrogens with zero attached hydrogens (tertiary/aromatic N) is 2. The number of hydrogen-bond acceptors (Lipinski definition) is 10. The average Bonchev–Trinajstić information content (AvgIpc) is 3.36. The number of benzene rings is 1. The number of carboxylic acid groups (broad SMARTS) is 2. The molecule has 16 nitrogen and oxygen atoms in total. The molecule has 1 unspecified atom stereocenters. The van der Waals surface area contributed by atoms with E-state index in [1.54, 1.807) is 7.05 Å². The minimum Gasteiger partial charge on any atom is -0.481 e. The number of imide groups is 1. The number of rotatable bonds is 20. The van der Waals surface area contributed by atoms with Gasteiger partial charge in [-0.15, -0.1) is 11.8 Å². The first-order valence-electron chi connectivity index (χ1n) is 17.5. The van der Waals surface area contributed by atoms with Crippen LogP contribution in [0.2, 0.25) is 0 Å². The predicted molar refractivity (Wildman–Crippen MR) is 202 cm³/mol. The topological polar surface area (TPSA) is 232 Å². The molecule has 1 fully saturated rings. The summed E-state index contributed by atoms with van der Waals surface area (Å²) in [5.41, 5.74) is -0.288. The first kappa shape index (κ1) is 45.4. The number of amides is 6. The highest BCUT2D eigenvalue weighted by Gasteiger charge is 2.41. The molecule has 54 heavy (non-hydrogen) atoms. The summed E-state index contributed by atoms with van der Waals surface area (Å²) in [4.78, 5) is 103. The van der Waals surface area contributed by atoms with Crippen LogP contribution in [0.3, 0.4) is 0 Å². The molecule has 1 aliphatic rings. The predicted octanol–water partition coefficient (Wildman–Crippen LogP) is 0.899. The minimum absolute atomic E-state index is 0.0451. The lowest BCUT2D eigenvalue weighted by Crippen LogP contribution is -2.60. The van der Waals surface area contributed by atoms with Gasteiger partial charge in [0.2, 0.25) is 35.4 Å². The number of aliphatic carboxylic acids is 2. The first-order valence-corrected chi connectivity index (χ1v) is 18.6. The van der Waals surface area contributed by atoms with Gasteiger partial charge in [0.25, 0.3) is 0 Å². The number of carboxylic acids is 2. The highest BCUT2D eigenvalue weighted by Crippen LogP contribution is 2.29. The fourth-order valence-corrected chi connectivity index (χ4v) is 6.86. The quantitative estimate of drug-likeness (QED) is 0.0802. The number of likely N-dealkylation sites (tertiary alicyclic amines) is 1. The lowest BCUT2D eigenvalue weighted by atomic mass is 9.76. The van der Waals surface area contributed by atoms with Crippen molar-refractivity contribution in [1.82, 2.24) is 31.1 Å². The van der Waals surface area contributed by atoms with Crippen molar-refractivity contribution in [3.8, 4) is 0 Å². The zero-order chi connectivity index (χ0) is 41.0. The van der Waals surface area contributed by atoms with Gasteiger partial charge in [-0.25, -0.2) is 4.79 Å². The van der Waals surface area contributed by atoms with Crippen LogP contribution in [0.4, 0.5) is 0 Å². The largest absolute Gasteiger partial charge is 0.481 e. The van der Waals surface area contributed by atoms with Crippen molar-refractivity contribution in [1.29, 1.82) is 0 Å². The van der Waals surface area contributed by atoms with E-state index < -0.39 is 82.1 Å². The monoisotopic (exact) mass is 774 g/mol. The smallest absolute Gasteiger partial charge is 0.326 e. The summed E-state index contributed by atoms with van der Waals surface area (Å²) in [7, 11) is 3.20. The highest BCUT2D eigenvalue weighted by atomic mass is 32.2. The Morgan fingerprint density at radius 2 is 1.63 bits per heavy atom. The molecule has 0 spiro atoms. The summed E-state index contributed by atoms with van der Waals surface area (Å²) in [5, 5.41) is 28.5. The van der Waals surface area contributed by atoms with E-state index in [0.717, 1.165) is 22.2 Å². The molecular formula is C37H54N6O10S. The molecule has 0 aromatic heterocycles. The Balaban J connectivity index is 1.97. The molecule has 2 rings (SSSR count). The SMILES string of the molecule is CN[C@H](C(=O)N[C@H](C(=O)N(C)C/C=C(\C)C(=O)N[C@@H](CC(=O)NCCN1C(=O)CC(SCCC(=O)O)C1=O)C(=O)O)C(C)(C)C)C(C)(C)c1ccccc1. The van der Waals surface area contributed by atoms with Crippen molar-refractivity contribution < 1.29 is 48.6 Å². The lowest BCUT2D eigenvalue weighted by molar-refractivity contribution is -0.143. The second kappa shape index (κ2) is 20.1. The molecule has 0 radical (unpaired) electrons. The number of carbonyl (C=O) groups is 8. The van der Waals surface area contributed by atoms with E-state index in [1.807, 2.05) is 65.0 Å². The number of hydrogen-bond donors (Lipinski definition) is 6. The summed E-state index contributed by atoms with van der Waals surface area (Å²) >= 11 is 1.07. The third-order valence-electron chi connectivity index (χ3n) is 9.08. The summed E-state index contributed by atoms with van der Waals surface area (Å²) in [6.45, 7) is 10.4. The van der Waals surface area contributed by atoms with Gasteiger partial charge in [0.05, 0.1) is 24.1 Å². The van der Waals surface area contributed by atoms with E-state index in [9.17, 15) is 43.5 Å². The zero-order valence-corrected chi connectivity index (χ0v) is 33.0. The molecule has 0 saturated carbocycles.